The van der Waals surface area contributed by atoms with E-state index in [0.29, 0.717) is 35.4 Å². The first-order valence-corrected chi connectivity index (χ1v) is 8.88. The number of amides is 1. The largest absolute Gasteiger partial charge is 0.494 e. The first-order valence-electron chi connectivity index (χ1n) is 8.88. The second kappa shape index (κ2) is 8.85. The van der Waals surface area contributed by atoms with Crippen molar-refractivity contribution in [3.63, 3.8) is 0 Å². The third-order valence-corrected chi connectivity index (χ3v) is 3.87. The van der Waals surface area contributed by atoms with Gasteiger partial charge in [-0.25, -0.2) is 4.98 Å². The summed E-state index contributed by atoms with van der Waals surface area (Å²) in [7, 11) is 1.56. The molecule has 0 unspecified atom stereocenters. The van der Waals surface area contributed by atoms with Crippen LogP contribution in [-0.4, -0.2) is 29.6 Å². The Hall–Kier alpha value is -3.61. The third-order valence-electron chi connectivity index (χ3n) is 3.87. The molecule has 0 radical (unpaired) electrons. The number of aryl methyl sites for hydroxylation is 1. The molecule has 144 valence electrons. The van der Waals surface area contributed by atoms with Gasteiger partial charge in [0, 0.05) is 23.0 Å². The minimum absolute atomic E-state index is 0.181. The standard InChI is InChI=1S/C21H22N4O3/c1-4-28-18-11-5-15(6-12-18)21(26)25-17-9-7-16(8-10-17)24-19-13-20(27-3)23-14(2)22-19/h5-13H,4H2,1-3H3,(H,25,26)(H,22,23,24). The zero-order valence-corrected chi connectivity index (χ0v) is 16.0. The fourth-order valence-corrected chi connectivity index (χ4v) is 2.57. The van der Waals surface area contributed by atoms with Crippen LogP contribution in [0.2, 0.25) is 0 Å². The lowest BCUT2D eigenvalue weighted by Crippen LogP contribution is -2.11. The van der Waals surface area contributed by atoms with Gasteiger partial charge in [-0.1, -0.05) is 0 Å². The van der Waals surface area contributed by atoms with Gasteiger partial charge in [-0.15, -0.1) is 0 Å². The summed E-state index contributed by atoms with van der Waals surface area (Å²) in [6.45, 7) is 4.31. The van der Waals surface area contributed by atoms with Gasteiger partial charge in [-0.3, -0.25) is 4.79 Å². The van der Waals surface area contributed by atoms with Gasteiger partial charge in [0.2, 0.25) is 5.88 Å². The third kappa shape index (κ3) is 4.97. The van der Waals surface area contributed by atoms with E-state index in [4.69, 9.17) is 9.47 Å². The lowest BCUT2D eigenvalue weighted by atomic mass is 10.2. The van der Waals surface area contributed by atoms with Crippen LogP contribution in [0.1, 0.15) is 23.1 Å². The number of aromatic nitrogens is 2. The van der Waals surface area contributed by atoms with E-state index in [1.807, 2.05) is 31.2 Å². The highest BCUT2D eigenvalue weighted by Crippen LogP contribution is 2.21. The minimum Gasteiger partial charge on any atom is -0.494 e. The Morgan fingerprint density at radius 2 is 1.68 bits per heavy atom. The molecule has 1 aromatic heterocycles. The first kappa shape index (κ1) is 19.2. The summed E-state index contributed by atoms with van der Waals surface area (Å²) >= 11 is 0. The van der Waals surface area contributed by atoms with E-state index < -0.39 is 0 Å². The molecule has 0 fully saturated rings. The van der Waals surface area contributed by atoms with Crippen LogP contribution in [0.15, 0.2) is 54.6 Å². The maximum atomic E-state index is 12.4. The normalized spacial score (nSPS) is 10.2. The van der Waals surface area contributed by atoms with Crippen molar-refractivity contribution in [2.75, 3.05) is 24.4 Å². The molecule has 2 aromatic carbocycles. The van der Waals surface area contributed by atoms with Crippen LogP contribution in [0.5, 0.6) is 11.6 Å². The second-order valence-electron chi connectivity index (χ2n) is 5.96. The van der Waals surface area contributed by atoms with Crippen molar-refractivity contribution < 1.29 is 14.3 Å². The molecule has 0 aliphatic heterocycles. The average molecular weight is 378 g/mol. The zero-order chi connectivity index (χ0) is 19.9. The number of methoxy groups -OCH3 is 1. The Balaban J connectivity index is 1.64. The summed E-state index contributed by atoms with van der Waals surface area (Å²) in [5, 5.41) is 6.07. The molecule has 3 rings (SSSR count). The number of anilines is 3. The molecule has 2 N–H and O–H groups in total. The van der Waals surface area contributed by atoms with Crippen LogP contribution in [0, 0.1) is 6.92 Å². The van der Waals surface area contributed by atoms with Crippen LogP contribution in [0.3, 0.4) is 0 Å². The summed E-state index contributed by atoms with van der Waals surface area (Å²) < 4.78 is 10.5. The van der Waals surface area contributed by atoms with E-state index in [0.717, 1.165) is 11.4 Å². The van der Waals surface area contributed by atoms with Gasteiger partial charge in [0.05, 0.1) is 13.7 Å². The molecule has 0 atom stereocenters. The highest BCUT2D eigenvalue weighted by atomic mass is 16.5. The monoisotopic (exact) mass is 378 g/mol. The molecule has 1 amide bonds. The van der Waals surface area contributed by atoms with Crippen molar-refractivity contribution in [1.29, 1.82) is 0 Å². The van der Waals surface area contributed by atoms with Gasteiger partial charge in [-0.2, -0.15) is 4.98 Å². The molecule has 0 aliphatic carbocycles. The molecular weight excluding hydrogens is 356 g/mol. The number of nitrogens with zero attached hydrogens (tertiary/aromatic N) is 2. The Morgan fingerprint density at radius 1 is 1.00 bits per heavy atom. The van der Waals surface area contributed by atoms with Crippen molar-refractivity contribution in [3.8, 4) is 11.6 Å². The predicted octanol–water partition coefficient (Wildman–Crippen LogP) is 4.19. The highest BCUT2D eigenvalue weighted by molar-refractivity contribution is 6.04. The Kier molecular flexibility index (Phi) is 6.06. The summed E-state index contributed by atoms with van der Waals surface area (Å²) in [5.74, 6) is 2.30. The number of rotatable bonds is 7. The predicted molar refractivity (Wildman–Crippen MR) is 109 cm³/mol. The van der Waals surface area contributed by atoms with E-state index in [1.54, 1.807) is 44.4 Å². The van der Waals surface area contributed by atoms with Gasteiger partial charge in [-0.05, 0) is 62.4 Å². The Morgan fingerprint density at radius 3 is 2.32 bits per heavy atom. The van der Waals surface area contributed by atoms with Gasteiger partial charge in [0.15, 0.2) is 0 Å². The molecule has 1 heterocycles. The fourth-order valence-electron chi connectivity index (χ4n) is 2.57. The Bertz CT molecular complexity index is 941. The number of hydrogen-bond donors (Lipinski definition) is 2. The molecule has 0 aliphatic rings. The van der Waals surface area contributed by atoms with Crippen LogP contribution in [0.25, 0.3) is 0 Å². The number of benzene rings is 2. The molecule has 28 heavy (non-hydrogen) atoms. The molecule has 0 bridgehead atoms. The Labute approximate surface area is 163 Å². The molecule has 0 spiro atoms. The first-order chi connectivity index (χ1) is 13.6. The molecule has 7 nitrogen and oxygen atoms in total. The van der Waals surface area contributed by atoms with Crippen molar-refractivity contribution >= 4 is 23.1 Å². The van der Waals surface area contributed by atoms with Crippen molar-refractivity contribution in [1.82, 2.24) is 9.97 Å². The summed E-state index contributed by atoms with van der Waals surface area (Å²) in [6.07, 6.45) is 0. The minimum atomic E-state index is -0.181. The summed E-state index contributed by atoms with van der Waals surface area (Å²) in [5.41, 5.74) is 2.09. The number of carbonyl (C=O) groups is 1. The molecule has 0 saturated heterocycles. The maximum absolute atomic E-state index is 12.4. The number of ether oxygens (including phenoxy) is 2. The van der Waals surface area contributed by atoms with Crippen molar-refractivity contribution in [3.05, 3.63) is 66.0 Å². The van der Waals surface area contributed by atoms with Crippen molar-refractivity contribution in [2.45, 2.75) is 13.8 Å². The van der Waals surface area contributed by atoms with Crippen LogP contribution in [-0.2, 0) is 0 Å². The van der Waals surface area contributed by atoms with E-state index in [9.17, 15) is 4.79 Å². The average Bonchev–Trinajstić information content (AvgIpc) is 2.70. The smallest absolute Gasteiger partial charge is 0.255 e. The molecular formula is C21H22N4O3. The summed E-state index contributed by atoms with van der Waals surface area (Å²) in [6, 6.07) is 16.1. The molecule has 3 aromatic rings. The zero-order valence-electron chi connectivity index (χ0n) is 16.0. The SMILES string of the molecule is CCOc1ccc(C(=O)Nc2ccc(Nc3cc(OC)nc(C)n3)cc2)cc1. The molecule has 7 heteroatoms. The number of nitrogens with one attached hydrogen (secondary N) is 2. The fraction of sp³-hybridized carbons (Fsp3) is 0.190. The van der Waals surface area contributed by atoms with Gasteiger partial charge in [0.25, 0.3) is 5.91 Å². The number of hydrogen-bond acceptors (Lipinski definition) is 6. The van der Waals surface area contributed by atoms with Crippen LogP contribution < -0.4 is 20.1 Å². The van der Waals surface area contributed by atoms with Gasteiger partial charge in [0.1, 0.15) is 17.4 Å². The van der Waals surface area contributed by atoms with Crippen LogP contribution >= 0.6 is 0 Å². The topological polar surface area (TPSA) is 85.4 Å². The van der Waals surface area contributed by atoms with E-state index in [2.05, 4.69) is 20.6 Å². The van der Waals surface area contributed by atoms with E-state index in [1.165, 1.54) is 0 Å². The maximum Gasteiger partial charge on any atom is 0.255 e. The summed E-state index contributed by atoms with van der Waals surface area (Å²) in [4.78, 5) is 20.9. The quantitative estimate of drug-likeness (QED) is 0.641. The lowest BCUT2D eigenvalue weighted by molar-refractivity contribution is 0.102. The number of carbonyl (C=O) groups excluding carboxylic acids is 1. The van der Waals surface area contributed by atoms with Gasteiger partial charge < -0.3 is 20.1 Å². The lowest BCUT2D eigenvalue weighted by Gasteiger charge is -2.10. The van der Waals surface area contributed by atoms with Crippen LogP contribution in [0.4, 0.5) is 17.2 Å². The molecule has 0 saturated carbocycles. The van der Waals surface area contributed by atoms with E-state index >= 15 is 0 Å². The second-order valence-corrected chi connectivity index (χ2v) is 5.96. The van der Waals surface area contributed by atoms with Gasteiger partial charge >= 0.3 is 0 Å². The van der Waals surface area contributed by atoms with E-state index in [-0.39, 0.29) is 5.91 Å². The van der Waals surface area contributed by atoms with Crippen molar-refractivity contribution in [2.24, 2.45) is 0 Å². The highest BCUT2D eigenvalue weighted by Gasteiger charge is 2.07.